The minimum Gasteiger partial charge on any atom is -0.398 e. The average Bonchev–Trinajstić information content (AvgIpc) is 2.45. The van der Waals surface area contributed by atoms with Crippen molar-refractivity contribution >= 4 is 44.1 Å². The van der Waals surface area contributed by atoms with Gasteiger partial charge in [-0.05, 0) is 34.1 Å². The maximum Gasteiger partial charge on any atom is 0.221 e. The molecule has 0 fully saturated rings. The van der Waals surface area contributed by atoms with Gasteiger partial charge in [0, 0.05) is 48.8 Å². The zero-order valence-corrected chi connectivity index (χ0v) is 13.1. The van der Waals surface area contributed by atoms with Crippen molar-refractivity contribution in [2.45, 2.75) is 6.42 Å². The molecule has 0 saturated carbocycles. The first-order valence-corrected chi connectivity index (χ1v) is 7.07. The number of nitrogens with zero attached hydrogens (tertiary/aromatic N) is 2. The number of pyridine rings is 1. The van der Waals surface area contributed by atoms with Crippen molar-refractivity contribution in [1.29, 1.82) is 0 Å². The highest BCUT2D eigenvalue weighted by Gasteiger charge is 2.11. The molecule has 0 aliphatic carbocycles. The molecule has 1 amide bonds. The summed E-state index contributed by atoms with van der Waals surface area (Å²) in [6.45, 7) is 0.621. The molecule has 1 aromatic carbocycles. The van der Waals surface area contributed by atoms with E-state index in [2.05, 4.69) is 26.2 Å². The molecule has 0 aliphatic heterocycles. The number of nitrogens with two attached hydrogens (primary N) is 1. The predicted octanol–water partition coefficient (Wildman–Crippen LogP) is 2.15. The van der Waals surface area contributed by atoms with Gasteiger partial charge in [-0.3, -0.25) is 9.78 Å². The summed E-state index contributed by atoms with van der Waals surface area (Å²) >= 11 is 3.40. The molecule has 0 atom stereocenters. The number of anilines is 2. The van der Waals surface area contributed by atoms with Crippen LogP contribution in [0, 0.1) is 0 Å². The van der Waals surface area contributed by atoms with E-state index in [4.69, 9.17) is 5.73 Å². The Hall–Kier alpha value is -1.82. The molecule has 0 spiro atoms. The van der Waals surface area contributed by atoms with Crippen LogP contribution in [0.1, 0.15) is 6.42 Å². The Morgan fingerprint density at radius 2 is 2.25 bits per heavy atom. The Morgan fingerprint density at radius 1 is 1.50 bits per heavy atom. The zero-order valence-electron chi connectivity index (χ0n) is 11.5. The number of aromatic nitrogens is 1. The third kappa shape index (κ3) is 3.01. The smallest absolute Gasteiger partial charge is 0.221 e. The second kappa shape index (κ2) is 6.09. The van der Waals surface area contributed by atoms with Crippen LogP contribution in [0.2, 0.25) is 0 Å². The lowest BCUT2D eigenvalue weighted by molar-refractivity contribution is -0.120. The van der Waals surface area contributed by atoms with E-state index in [1.807, 2.05) is 30.1 Å². The zero-order chi connectivity index (χ0) is 14.7. The van der Waals surface area contributed by atoms with Gasteiger partial charge in [-0.15, -0.1) is 0 Å². The van der Waals surface area contributed by atoms with Gasteiger partial charge in [-0.1, -0.05) is 0 Å². The summed E-state index contributed by atoms with van der Waals surface area (Å²) in [5.41, 5.74) is 8.49. The fraction of sp³-hybridized carbons (Fsp3) is 0.286. The van der Waals surface area contributed by atoms with E-state index >= 15 is 0 Å². The molecule has 1 aromatic heterocycles. The first-order chi connectivity index (χ1) is 9.52. The highest BCUT2D eigenvalue weighted by Crippen LogP contribution is 2.30. The lowest BCUT2D eigenvalue weighted by atomic mass is 10.1. The Kier molecular flexibility index (Phi) is 4.44. The number of rotatable bonds is 4. The van der Waals surface area contributed by atoms with Gasteiger partial charge in [0.15, 0.2) is 0 Å². The summed E-state index contributed by atoms with van der Waals surface area (Å²) in [5, 5.41) is 3.52. The number of benzene rings is 1. The summed E-state index contributed by atoms with van der Waals surface area (Å²) in [4.78, 5) is 17.8. The summed E-state index contributed by atoms with van der Waals surface area (Å²) in [6.07, 6.45) is 2.19. The second-order valence-electron chi connectivity index (χ2n) is 4.57. The summed E-state index contributed by atoms with van der Waals surface area (Å²) < 4.78 is 0.891. The summed E-state index contributed by atoms with van der Waals surface area (Å²) in [6, 6.07) is 5.75. The molecule has 3 N–H and O–H groups in total. The number of amides is 1. The number of fused-ring (bicyclic) bond motifs is 1. The molecular weight excluding hydrogens is 320 g/mol. The number of carbonyl (C=O) groups excluding carboxylic acids is 1. The number of halogens is 1. The lowest BCUT2D eigenvalue weighted by Gasteiger charge is -2.20. The average molecular weight is 337 g/mol. The second-order valence-corrected chi connectivity index (χ2v) is 5.48. The fourth-order valence-electron chi connectivity index (χ4n) is 2.02. The fourth-order valence-corrected chi connectivity index (χ4v) is 2.35. The van der Waals surface area contributed by atoms with Gasteiger partial charge in [-0.2, -0.15) is 0 Å². The van der Waals surface area contributed by atoms with Crippen molar-refractivity contribution in [2.75, 3.05) is 31.3 Å². The van der Waals surface area contributed by atoms with Gasteiger partial charge in [0.1, 0.15) is 0 Å². The van der Waals surface area contributed by atoms with Crippen molar-refractivity contribution in [2.24, 2.45) is 0 Å². The van der Waals surface area contributed by atoms with Crippen LogP contribution in [0.4, 0.5) is 11.4 Å². The monoisotopic (exact) mass is 336 g/mol. The first-order valence-electron chi connectivity index (χ1n) is 6.28. The normalized spacial score (nSPS) is 10.6. The molecule has 6 heteroatoms. The summed E-state index contributed by atoms with van der Waals surface area (Å²) in [5.74, 6) is 0.0207. The molecule has 2 aromatic rings. The van der Waals surface area contributed by atoms with Crippen LogP contribution in [0.25, 0.3) is 10.9 Å². The molecule has 20 heavy (non-hydrogen) atoms. The van der Waals surface area contributed by atoms with Crippen molar-refractivity contribution in [1.82, 2.24) is 10.3 Å². The Balaban J connectivity index is 2.34. The van der Waals surface area contributed by atoms with E-state index in [1.165, 1.54) is 0 Å². The number of hydrogen-bond acceptors (Lipinski definition) is 4. The topological polar surface area (TPSA) is 71.2 Å². The highest BCUT2D eigenvalue weighted by atomic mass is 79.9. The van der Waals surface area contributed by atoms with E-state index in [1.54, 1.807) is 13.2 Å². The van der Waals surface area contributed by atoms with Crippen molar-refractivity contribution in [3.63, 3.8) is 0 Å². The van der Waals surface area contributed by atoms with E-state index in [0.717, 1.165) is 21.1 Å². The van der Waals surface area contributed by atoms with Gasteiger partial charge in [0.05, 0.1) is 11.2 Å². The van der Waals surface area contributed by atoms with E-state index < -0.39 is 0 Å². The molecule has 0 bridgehead atoms. The molecule has 106 valence electrons. The number of hydrogen-bond donors (Lipinski definition) is 2. The Labute approximate surface area is 126 Å². The minimum atomic E-state index is 0.0207. The Morgan fingerprint density at radius 3 is 2.95 bits per heavy atom. The van der Waals surface area contributed by atoms with Gasteiger partial charge in [-0.25, -0.2) is 0 Å². The molecule has 0 saturated heterocycles. The van der Waals surface area contributed by atoms with Crippen LogP contribution in [0.5, 0.6) is 0 Å². The van der Waals surface area contributed by atoms with Crippen molar-refractivity contribution in [3.05, 3.63) is 28.9 Å². The van der Waals surface area contributed by atoms with E-state index in [-0.39, 0.29) is 5.91 Å². The summed E-state index contributed by atoms with van der Waals surface area (Å²) in [7, 11) is 3.58. The van der Waals surface area contributed by atoms with Crippen LogP contribution in [-0.4, -0.2) is 31.5 Å². The molecule has 1 heterocycles. The molecule has 0 aliphatic rings. The quantitative estimate of drug-likeness (QED) is 0.839. The lowest BCUT2D eigenvalue weighted by Crippen LogP contribution is -2.26. The third-order valence-corrected chi connectivity index (χ3v) is 3.63. The van der Waals surface area contributed by atoms with Gasteiger partial charge in [0.2, 0.25) is 5.91 Å². The minimum absolute atomic E-state index is 0.0207. The molecule has 2 rings (SSSR count). The van der Waals surface area contributed by atoms with Crippen LogP contribution in [0.15, 0.2) is 28.9 Å². The van der Waals surface area contributed by atoms with Crippen LogP contribution in [0.3, 0.4) is 0 Å². The van der Waals surface area contributed by atoms with Gasteiger partial charge in [0.25, 0.3) is 0 Å². The van der Waals surface area contributed by atoms with Gasteiger partial charge >= 0.3 is 0 Å². The van der Waals surface area contributed by atoms with Crippen molar-refractivity contribution < 1.29 is 4.79 Å². The maximum absolute atomic E-state index is 11.3. The highest BCUT2D eigenvalue weighted by molar-refractivity contribution is 9.10. The van der Waals surface area contributed by atoms with Crippen molar-refractivity contribution in [3.8, 4) is 0 Å². The molecule has 0 unspecified atom stereocenters. The Bertz CT molecular complexity index is 644. The maximum atomic E-state index is 11.3. The van der Waals surface area contributed by atoms with Gasteiger partial charge < -0.3 is 16.0 Å². The van der Waals surface area contributed by atoms with E-state index in [9.17, 15) is 4.79 Å². The van der Waals surface area contributed by atoms with Crippen LogP contribution in [-0.2, 0) is 4.79 Å². The number of nitrogen functional groups attached to an aromatic ring is 1. The van der Waals surface area contributed by atoms with Crippen LogP contribution < -0.4 is 16.0 Å². The predicted molar refractivity (Wildman–Crippen MR) is 85.8 cm³/mol. The standard InChI is InChI=1S/C14H17BrN4O/c1-17-13(20)5-6-19(2)12-4-3-11(16)10-7-9(15)8-18-14(10)12/h3-4,7-8H,5-6,16H2,1-2H3,(H,17,20). The van der Waals surface area contributed by atoms with E-state index in [0.29, 0.717) is 18.7 Å². The third-order valence-electron chi connectivity index (χ3n) is 3.19. The SMILES string of the molecule is CNC(=O)CCN(C)c1ccc(N)c2cc(Br)cnc12. The number of carbonyl (C=O) groups is 1. The first kappa shape index (κ1) is 14.6. The molecular formula is C14H17BrN4O. The number of nitrogens with one attached hydrogen (secondary N) is 1. The molecule has 5 nitrogen and oxygen atoms in total. The van der Waals surface area contributed by atoms with Crippen LogP contribution >= 0.6 is 15.9 Å². The largest absolute Gasteiger partial charge is 0.398 e. The molecule has 0 radical (unpaired) electrons.